The molecule has 188 valence electrons. The summed E-state index contributed by atoms with van der Waals surface area (Å²) in [5.74, 6) is 0.384. The molecule has 0 saturated heterocycles. The number of H-pyrrole nitrogens is 1. The summed E-state index contributed by atoms with van der Waals surface area (Å²) in [6, 6.07) is 16.3. The average molecular weight is 518 g/mol. The van der Waals surface area contributed by atoms with Crippen LogP contribution in [-0.4, -0.2) is 24.1 Å². The molecular weight excluding hydrogens is 493 g/mol. The predicted molar refractivity (Wildman–Crippen MR) is 142 cm³/mol. The van der Waals surface area contributed by atoms with E-state index in [0.29, 0.717) is 55.3 Å². The van der Waals surface area contributed by atoms with Gasteiger partial charge in [0.05, 0.1) is 38.9 Å². The van der Waals surface area contributed by atoms with E-state index in [1.54, 1.807) is 36.4 Å². The van der Waals surface area contributed by atoms with E-state index in [9.17, 15) is 22.4 Å². The van der Waals surface area contributed by atoms with Gasteiger partial charge < -0.3 is 14.3 Å². The average Bonchev–Trinajstić information content (AvgIpc) is 3.21. The van der Waals surface area contributed by atoms with Crippen molar-refractivity contribution in [2.75, 3.05) is 0 Å². The summed E-state index contributed by atoms with van der Waals surface area (Å²) in [4.78, 5) is 16.7. The molecule has 0 amide bonds. The molecule has 3 aromatic carbocycles. The fourth-order valence-electron chi connectivity index (χ4n) is 4.80. The van der Waals surface area contributed by atoms with Crippen molar-refractivity contribution in [1.29, 1.82) is 5.26 Å². The highest BCUT2D eigenvalue weighted by atomic mass is 32.3. The lowest BCUT2D eigenvalue weighted by Gasteiger charge is -2.20. The summed E-state index contributed by atoms with van der Waals surface area (Å²) in [7, 11) is -4.91. The van der Waals surface area contributed by atoms with Crippen molar-refractivity contribution >= 4 is 43.1 Å². The van der Waals surface area contributed by atoms with Crippen LogP contribution in [0.3, 0.4) is 0 Å². The molecule has 0 atom stereocenters. The van der Waals surface area contributed by atoms with Crippen molar-refractivity contribution in [2.24, 2.45) is 0 Å². The van der Waals surface area contributed by atoms with Gasteiger partial charge in [-0.15, -0.1) is 3.89 Å². The number of nitrogens with one attached hydrogen (secondary N) is 1. The molecule has 0 aliphatic heterocycles. The van der Waals surface area contributed by atoms with Gasteiger partial charge in [0.1, 0.15) is 11.4 Å². The van der Waals surface area contributed by atoms with Gasteiger partial charge in [-0.2, -0.15) is 13.7 Å². The fourth-order valence-corrected chi connectivity index (χ4v) is 5.31. The molecule has 2 aromatic heterocycles. The molecule has 0 radical (unpaired) electrons. The Morgan fingerprint density at radius 2 is 1.78 bits per heavy atom. The van der Waals surface area contributed by atoms with E-state index >= 15 is 0 Å². The second kappa shape index (κ2) is 8.75. The second-order valence-electron chi connectivity index (χ2n) is 9.51. The van der Waals surface area contributed by atoms with Crippen molar-refractivity contribution in [3.8, 4) is 22.9 Å². The summed E-state index contributed by atoms with van der Waals surface area (Å²) in [5.41, 5.74) is 3.15. The molecule has 0 saturated carbocycles. The standard InChI is InChI=1S/C28H24FN3O4S/c1-15(2)32-24-12-21(18-6-5-7-19(11-18)37(29,34)35)25(36-16(3)4)13-22(24)27(33)26-20-9-8-17(14-30)10-23(20)31-28(26)32/h5-13,15-16,31H,1-4H3. The maximum Gasteiger partial charge on any atom is 0.332 e. The number of rotatable bonds is 5. The van der Waals surface area contributed by atoms with Crippen LogP contribution in [0.2, 0.25) is 0 Å². The minimum absolute atomic E-state index is 0.0728. The van der Waals surface area contributed by atoms with Gasteiger partial charge in [-0.25, -0.2) is 0 Å². The molecular formula is C28H24FN3O4S. The maximum absolute atomic E-state index is 13.9. The lowest BCUT2D eigenvalue weighted by molar-refractivity contribution is 0.244. The molecule has 5 rings (SSSR count). The van der Waals surface area contributed by atoms with Crippen LogP contribution in [0.15, 0.2) is 64.3 Å². The molecule has 0 spiro atoms. The number of aromatic nitrogens is 2. The zero-order chi connectivity index (χ0) is 26.6. The van der Waals surface area contributed by atoms with E-state index in [1.165, 1.54) is 18.2 Å². The van der Waals surface area contributed by atoms with Crippen LogP contribution in [-0.2, 0) is 10.2 Å². The van der Waals surface area contributed by atoms with Gasteiger partial charge in [-0.1, -0.05) is 18.2 Å². The van der Waals surface area contributed by atoms with E-state index < -0.39 is 15.1 Å². The third-order valence-electron chi connectivity index (χ3n) is 6.28. The summed E-state index contributed by atoms with van der Waals surface area (Å²) < 4.78 is 45.0. The van der Waals surface area contributed by atoms with Gasteiger partial charge >= 0.3 is 10.2 Å². The van der Waals surface area contributed by atoms with Gasteiger partial charge in [-0.3, -0.25) is 4.79 Å². The first-order chi connectivity index (χ1) is 17.5. The molecule has 9 heteroatoms. The van der Waals surface area contributed by atoms with Crippen LogP contribution in [0.5, 0.6) is 5.75 Å². The monoisotopic (exact) mass is 517 g/mol. The Morgan fingerprint density at radius 3 is 2.43 bits per heavy atom. The van der Waals surface area contributed by atoms with Crippen LogP contribution in [0, 0.1) is 11.3 Å². The molecule has 2 heterocycles. The Morgan fingerprint density at radius 1 is 1.03 bits per heavy atom. The molecule has 0 aliphatic carbocycles. The molecule has 7 nitrogen and oxygen atoms in total. The topological polar surface area (TPSA) is 105 Å². The van der Waals surface area contributed by atoms with Crippen molar-refractivity contribution in [3.63, 3.8) is 0 Å². The SMILES string of the molecule is CC(C)Oc1cc2c(=O)c3c4ccc(C#N)cc4[nH]c3n(C(C)C)c2cc1-c1cccc(S(=O)(=O)F)c1. The smallest absolute Gasteiger partial charge is 0.332 e. The van der Waals surface area contributed by atoms with E-state index in [1.807, 2.05) is 32.3 Å². The van der Waals surface area contributed by atoms with Gasteiger partial charge in [0.15, 0.2) is 5.43 Å². The first-order valence-electron chi connectivity index (χ1n) is 11.8. The zero-order valence-corrected chi connectivity index (χ0v) is 21.5. The Balaban J connectivity index is 1.94. The number of hydrogen-bond acceptors (Lipinski definition) is 5. The number of halogens is 1. The quantitative estimate of drug-likeness (QED) is 0.280. The molecule has 37 heavy (non-hydrogen) atoms. The number of nitriles is 1. The lowest BCUT2D eigenvalue weighted by atomic mass is 10.00. The van der Waals surface area contributed by atoms with Crippen LogP contribution in [0.4, 0.5) is 3.89 Å². The van der Waals surface area contributed by atoms with Gasteiger partial charge in [0.25, 0.3) is 0 Å². The molecule has 1 N–H and O–H groups in total. The molecule has 0 aliphatic rings. The fraction of sp³-hybridized carbons (Fsp3) is 0.214. The normalized spacial score (nSPS) is 12.2. The minimum Gasteiger partial charge on any atom is -0.490 e. The number of nitrogens with zero attached hydrogens (tertiary/aromatic N) is 2. The summed E-state index contributed by atoms with van der Waals surface area (Å²) in [6.45, 7) is 7.67. The molecule has 0 bridgehead atoms. The molecule has 5 aromatic rings. The number of ether oxygens (including phenoxy) is 1. The number of fused-ring (bicyclic) bond motifs is 4. The number of aromatic amines is 1. The largest absolute Gasteiger partial charge is 0.490 e. The highest BCUT2D eigenvalue weighted by Gasteiger charge is 2.22. The minimum atomic E-state index is -4.91. The van der Waals surface area contributed by atoms with Crippen molar-refractivity contribution in [3.05, 3.63) is 70.4 Å². The first kappa shape index (κ1) is 24.5. The van der Waals surface area contributed by atoms with Crippen molar-refractivity contribution < 1.29 is 17.0 Å². The van der Waals surface area contributed by atoms with Crippen molar-refractivity contribution in [2.45, 2.75) is 44.7 Å². The van der Waals surface area contributed by atoms with Crippen LogP contribution >= 0.6 is 0 Å². The maximum atomic E-state index is 13.9. The second-order valence-corrected chi connectivity index (χ2v) is 10.9. The van der Waals surface area contributed by atoms with Gasteiger partial charge in [0, 0.05) is 22.5 Å². The third-order valence-corrected chi connectivity index (χ3v) is 7.10. The van der Waals surface area contributed by atoms with Gasteiger partial charge in [-0.05, 0) is 69.7 Å². The van der Waals surface area contributed by atoms with Crippen LogP contribution in [0.25, 0.3) is 44.0 Å². The summed E-state index contributed by atoms with van der Waals surface area (Å²) in [6.07, 6.45) is -0.238. The Labute approximate surface area is 212 Å². The van der Waals surface area contributed by atoms with Crippen LogP contribution in [0.1, 0.15) is 39.3 Å². The van der Waals surface area contributed by atoms with Crippen LogP contribution < -0.4 is 10.2 Å². The van der Waals surface area contributed by atoms with Gasteiger partial charge in [0.2, 0.25) is 0 Å². The molecule has 0 unspecified atom stereocenters. The zero-order valence-electron chi connectivity index (χ0n) is 20.7. The van der Waals surface area contributed by atoms with E-state index in [-0.39, 0.29) is 17.6 Å². The Hall–Kier alpha value is -4.16. The van der Waals surface area contributed by atoms with Crippen molar-refractivity contribution in [1.82, 2.24) is 9.55 Å². The number of pyridine rings is 1. The summed E-state index contributed by atoms with van der Waals surface area (Å²) in [5, 5.41) is 11.0. The number of benzene rings is 3. The Kier molecular flexibility index (Phi) is 5.80. The summed E-state index contributed by atoms with van der Waals surface area (Å²) >= 11 is 0. The lowest BCUT2D eigenvalue weighted by Crippen LogP contribution is -2.14. The molecule has 0 fully saturated rings. The first-order valence-corrected chi connectivity index (χ1v) is 13.2. The third kappa shape index (κ3) is 4.13. The van der Waals surface area contributed by atoms with E-state index in [0.717, 1.165) is 0 Å². The highest BCUT2D eigenvalue weighted by molar-refractivity contribution is 7.86. The highest BCUT2D eigenvalue weighted by Crippen LogP contribution is 2.38. The number of hydrogen-bond donors (Lipinski definition) is 1. The van der Waals surface area contributed by atoms with E-state index in [2.05, 4.69) is 11.1 Å². The van der Waals surface area contributed by atoms with E-state index in [4.69, 9.17) is 4.74 Å². The Bertz CT molecular complexity index is 1930. The predicted octanol–water partition coefficient (Wildman–Crippen LogP) is 6.20.